The molecule has 0 atom stereocenters. The van der Waals surface area contributed by atoms with Crippen molar-refractivity contribution < 1.29 is 19.1 Å². The molecule has 1 aliphatic heterocycles. The maximum absolute atomic E-state index is 11.6. The number of thiocarbonyl (C=S) groups is 1. The van der Waals surface area contributed by atoms with E-state index in [4.69, 9.17) is 9.47 Å². The Morgan fingerprint density at radius 1 is 1.11 bits per heavy atom. The van der Waals surface area contributed by atoms with Crippen molar-refractivity contribution in [1.82, 2.24) is 10.6 Å². The largest absolute Gasteiger partial charge is 0.493 e. The summed E-state index contributed by atoms with van der Waals surface area (Å²) >= 11 is 4.68. The van der Waals surface area contributed by atoms with Gasteiger partial charge in [0.1, 0.15) is 0 Å². The van der Waals surface area contributed by atoms with Crippen molar-refractivity contribution in [3.05, 3.63) is 24.3 Å². The topological polar surface area (TPSA) is 76.7 Å². The molecule has 2 rings (SSSR count). The molecule has 6 nitrogen and oxygen atoms in total. The number of para-hydroxylation sites is 2. The third kappa shape index (κ3) is 2.40. The summed E-state index contributed by atoms with van der Waals surface area (Å²) in [6, 6.07) is 6.73. The van der Waals surface area contributed by atoms with Crippen LogP contribution in [-0.2, 0) is 9.59 Å². The summed E-state index contributed by atoms with van der Waals surface area (Å²) in [5.41, 5.74) is 0. The fourth-order valence-electron chi connectivity index (χ4n) is 1.46. The van der Waals surface area contributed by atoms with Crippen LogP contribution in [0.5, 0.6) is 11.5 Å². The third-order valence-corrected chi connectivity index (χ3v) is 2.47. The second kappa shape index (κ2) is 5.01. The predicted octanol–water partition coefficient (Wildman–Crippen LogP) is -0.0265. The van der Waals surface area contributed by atoms with Gasteiger partial charge in [-0.25, -0.2) is 0 Å². The molecule has 0 radical (unpaired) electrons. The molecule has 0 unspecified atom stereocenters. The molecule has 0 bridgehead atoms. The fraction of sp³-hybridized carbons (Fsp3) is 0.182. The van der Waals surface area contributed by atoms with Gasteiger partial charge in [-0.15, -0.1) is 0 Å². The molecule has 94 valence electrons. The van der Waals surface area contributed by atoms with E-state index in [9.17, 15) is 9.59 Å². The van der Waals surface area contributed by atoms with Crippen molar-refractivity contribution in [2.24, 2.45) is 0 Å². The maximum Gasteiger partial charge on any atom is 0.277 e. The van der Waals surface area contributed by atoms with Gasteiger partial charge in [-0.2, -0.15) is 0 Å². The summed E-state index contributed by atoms with van der Waals surface area (Å²) in [5, 5.41) is 4.60. The van der Waals surface area contributed by atoms with Crippen molar-refractivity contribution in [3.8, 4) is 11.5 Å². The molecule has 1 saturated heterocycles. The summed E-state index contributed by atoms with van der Waals surface area (Å²) in [7, 11) is 1.47. The number of amides is 2. The van der Waals surface area contributed by atoms with E-state index in [2.05, 4.69) is 22.9 Å². The highest BCUT2D eigenvalue weighted by atomic mass is 32.1. The zero-order valence-corrected chi connectivity index (χ0v) is 10.2. The monoisotopic (exact) mass is 266 g/mol. The minimum atomic E-state index is -1.28. The second-order valence-corrected chi connectivity index (χ2v) is 3.86. The molecule has 7 heteroatoms. The number of carbonyl (C=O) groups is 2. The number of hydrogen-bond acceptors (Lipinski definition) is 5. The third-order valence-electron chi connectivity index (χ3n) is 2.26. The van der Waals surface area contributed by atoms with Crippen LogP contribution < -0.4 is 20.1 Å². The number of ether oxygens (including phenoxy) is 2. The van der Waals surface area contributed by atoms with Crippen LogP contribution in [0.3, 0.4) is 0 Å². The molecule has 1 aliphatic rings. The molecule has 0 saturated carbocycles. The molecule has 0 aliphatic carbocycles. The molecule has 0 aromatic heterocycles. The minimum absolute atomic E-state index is 0.0233. The number of carbonyl (C=O) groups excluding carboxylic acids is 2. The quantitative estimate of drug-likeness (QED) is 0.593. The first-order valence-electron chi connectivity index (χ1n) is 5.07. The van der Waals surface area contributed by atoms with Gasteiger partial charge in [-0.05, 0) is 24.4 Å². The number of nitrogens with one attached hydrogen (secondary N) is 2. The number of methoxy groups -OCH3 is 1. The Balaban J connectivity index is 2.20. The van der Waals surface area contributed by atoms with Gasteiger partial charge in [-0.1, -0.05) is 12.1 Å². The van der Waals surface area contributed by atoms with Crippen LogP contribution in [0.15, 0.2) is 24.3 Å². The predicted molar refractivity (Wildman–Crippen MR) is 66.3 cm³/mol. The first-order chi connectivity index (χ1) is 8.61. The lowest BCUT2D eigenvalue weighted by Gasteiger charge is -2.23. The summed E-state index contributed by atoms with van der Waals surface area (Å²) < 4.78 is 10.4. The number of hydrogen-bond donors (Lipinski definition) is 2. The second-order valence-electron chi connectivity index (χ2n) is 3.46. The van der Waals surface area contributed by atoms with Crippen LogP contribution >= 0.6 is 12.2 Å². The van der Waals surface area contributed by atoms with Gasteiger partial charge in [0.25, 0.3) is 17.9 Å². The van der Waals surface area contributed by atoms with E-state index >= 15 is 0 Å². The molecular weight excluding hydrogens is 256 g/mol. The van der Waals surface area contributed by atoms with Crippen LogP contribution in [0.2, 0.25) is 0 Å². The van der Waals surface area contributed by atoms with Crippen LogP contribution in [0.4, 0.5) is 0 Å². The van der Waals surface area contributed by atoms with Crippen LogP contribution in [0, 0.1) is 0 Å². The average molecular weight is 266 g/mol. The van der Waals surface area contributed by atoms with Crippen LogP contribution in [-0.4, -0.2) is 30.1 Å². The van der Waals surface area contributed by atoms with Crippen LogP contribution in [0.25, 0.3) is 0 Å². The Hall–Kier alpha value is -2.15. The molecule has 2 amide bonds. The van der Waals surface area contributed by atoms with E-state index in [0.29, 0.717) is 11.5 Å². The van der Waals surface area contributed by atoms with Crippen molar-refractivity contribution >= 4 is 29.1 Å². The zero-order valence-electron chi connectivity index (χ0n) is 9.43. The highest BCUT2D eigenvalue weighted by Crippen LogP contribution is 2.27. The van der Waals surface area contributed by atoms with Crippen molar-refractivity contribution in [3.63, 3.8) is 0 Å². The van der Waals surface area contributed by atoms with Gasteiger partial charge in [0.05, 0.1) is 7.11 Å². The lowest BCUT2D eigenvalue weighted by atomic mass is 10.2. The van der Waals surface area contributed by atoms with E-state index in [0.717, 1.165) is 0 Å². The molecule has 1 aromatic rings. The molecule has 1 fully saturated rings. The lowest BCUT2D eigenvalue weighted by Crippen LogP contribution is -2.60. The lowest BCUT2D eigenvalue weighted by molar-refractivity contribution is -0.139. The van der Waals surface area contributed by atoms with E-state index in [1.54, 1.807) is 24.3 Å². The van der Waals surface area contributed by atoms with Gasteiger partial charge >= 0.3 is 0 Å². The summed E-state index contributed by atoms with van der Waals surface area (Å²) in [6.45, 7) is 0. The summed E-state index contributed by atoms with van der Waals surface area (Å²) in [5.74, 6) is -0.460. The summed E-state index contributed by atoms with van der Waals surface area (Å²) in [4.78, 5) is 23.2. The first kappa shape index (κ1) is 12.3. The van der Waals surface area contributed by atoms with Crippen molar-refractivity contribution in [2.75, 3.05) is 7.11 Å². The highest BCUT2D eigenvalue weighted by Gasteiger charge is 2.35. The summed E-state index contributed by atoms with van der Waals surface area (Å²) in [6.07, 6.45) is -1.28. The van der Waals surface area contributed by atoms with E-state index in [1.807, 2.05) is 0 Å². The Labute approximate surface area is 108 Å². The van der Waals surface area contributed by atoms with Crippen molar-refractivity contribution in [2.45, 2.75) is 6.10 Å². The van der Waals surface area contributed by atoms with Gasteiger partial charge in [-0.3, -0.25) is 20.2 Å². The Bertz CT molecular complexity index is 498. The van der Waals surface area contributed by atoms with Gasteiger partial charge < -0.3 is 9.47 Å². The molecule has 1 heterocycles. The molecule has 1 aromatic carbocycles. The van der Waals surface area contributed by atoms with Gasteiger partial charge in [0, 0.05) is 0 Å². The fourth-order valence-corrected chi connectivity index (χ4v) is 1.66. The standard InChI is InChI=1S/C11H10N2O4S/c1-16-6-4-2-3-5-7(6)17-8-9(14)12-11(18)13-10(8)15/h2-5,8H,1H3,(H2,12,13,14,15,18). The molecule has 2 N–H and O–H groups in total. The number of benzene rings is 1. The normalized spacial score (nSPS) is 15.9. The molecule has 18 heavy (non-hydrogen) atoms. The van der Waals surface area contributed by atoms with Crippen LogP contribution in [0.1, 0.15) is 0 Å². The minimum Gasteiger partial charge on any atom is -0.493 e. The Morgan fingerprint density at radius 3 is 2.22 bits per heavy atom. The zero-order chi connectivity index (χ0) is 13.1. The van der Waals surface area contributed by atoms with Gasteiger partial charge in [0.2, 0.25) is 0 Å². The SMILES string of the molecule is COc1ccccc1OC1C(=O)NC(=S)NC1=O. The number of rotatable bonds is 3. The smallest absolute Gasteiger partial charge is 0.277 e. The highest BCUT2D eigenvalue weighted by molar-refractivity contribution is 7.80. The molecular formula is C11H10N2O4S. The Kier molecular flexibility index (Phi) is 3.42. The van der Waals surface area contributed by atoms with E-state index in [1.165, 1.54) is 7.11 Å². The average Bonchev–Trinajstić information content (AvgIpc) is 2.34. The first-order valence-corrected chi connectivity index (χ1v) is 5.48. The maximum atomic E-state index is 11.6. The van der Waals surface area contributed by atoms with E-state index in [-0.39, 0.29) is 5.11 Å². The molecule has 0 spiro atoms. The van der Waals surface area contributed by atoms with Crippen molar-refractivity contribution in [1.29, 1.82) is 0 Å². The van der Waals surface area contributed by atoms with E-state index < -0.39 is 17.9 Å². The van der Waals surface area contributed by atoms with Gasteiger partial charge in [0.15, 0.2) is 16.6 Å². The Morgan fingerprint density at radius 2 is 1.67 bits per heavy atom.